The van der Waals surface area contributed by atoms with Crippen molar-refractivity contribution in [2.75, 3.05) is 39.3 Å². The van der Waals surface area contributed by atoms with Crippen molar-refractivity contribution < 1.29 is 18.8 Å². The van der Waals surface area contributed by atoms with Crippen LogP contribution in [0.5, 0.6) is 0 Å². The van der Waals surface area contributed by atoms with Gasteiger partial charge in [-0.3, -0.25) is 14.4 Å². The molecule has 0 unspecified atom stereocenters. The van der Waals surface area contributed by atoms with E-state index in [1.165, 1.54) is 25.1 Å². The maximum atomic E-state index is 14.0. The zero-order chi connectivity index (χ0) is 19.6. The Hall–Kier alpha value is -2.15. The van der Waals surface area contributed by atoms with Crippen molar-refractivity contribution in [2.24, 2.45) is 5.92 Å². The second-order valence-corrected chi connectivity index (χ2v) is 7.40. The molecule has 8 heteroatoms. The number of hydrogen-bond acceptors (Lipinski definition) is 3. The number of likely N-dealkylation sites (tertiary alicyclic amines) is 1. The summed E-state index contributed by atoms with van der Waals surface area (Å²) in [6.45, 7) is 4.53. The highest BCUT2D eigenvalue weighted by Crippen LogP contribution is 2.25. The highest BCUT2D eigenvalue weighted by Gasteiger charge is 2.33. The van der Waals surface area contributed by atoms with Gasteiger partial charge in [-0.2, -0.15) is 0 Å². The highest BCUT2D eigenvalue weighted by atomic mass is 35.5. The van der Waals surface area contributed by atoms with Crippen LogP contribution in [0.15, 0.2) is 18.2 Å². The first-order valence-corrected chi connectivity index (χ1v) is 9.54. The van der Waals surface area contributed by atoms with E-state index in [-0.39, 0.29) is 28.3 Å². The number of rotatable bonds is 2. The van der Waals surface area contributed by atoms with Crippen molar-refractivity contribution in [3.05, 3.63) is 34.6 Å². The van der Waals surface area contributed by atoms with E-state index in [2.05, 4.69) is 0 Å². The molecule has 0 saturated carbocycles. The monoisotopic (exact) mass is 395 g/mol. The van der Waals surface area contributed by atoms with Gasteiger partial charge >= 0.3 is 0 Å². The van der Waals surface area contributed by atoms with Crippen molar-refractivity contribution in [3.8, 4) is 0 Å². The fourth-order valence-electron chi connectivity index (χ4n) is 3.69. The molecule has 2 heterocycles. The van der Waals surface area contributed by atoms with E-state index in [1.807, 2.05) is 0 Å². The van der Waals surface area contributed by atoms with Crippen molar-refractivity contribution >= 4 is 29.3 Å². The summed E-state index contributed by atoms with van der Waals surface area (Å²) in [6.07, 6.45) is 1.09. The Morgan fingerprint density at radius 2 is 1.56 bits per heavy atom. The van der Waals surface area contributed by atoms with Gasteiger partial charge < -0.3 is 14.7 Å². The lowest BCUT2D eigenvalue weighted by molar-refractivity contribution is -0.142. The molecule has 3 amide bonds. The molecule has 0 aliphatic carbocycles. The van der Waals surface area contributed by atoms with Crippen molar-refractivity contribution in [2.45, 2.75) is 19.8 Å². The summed E-state index contributed by atoms with van der Waals surface area (Å²) < 4.78 is 14.0. The van der Waals surface area contributed by atoms with Crippen LogP contribution in [-0.4, -0.2) is 71.7 Å². The number of hydrogen-bond donors (Lipinski definition) is 0. The number of piperidine rings is 1. The first-order valence-electron chi connectivity index (χ1n) is 9.16. The van der Waals surface area contributed by atoms with Gasteiger partial charge in [-0.25, -0.2) is 4.39 Å². The molecule has 2 aliphatic heterocycles. The van der Waals surface area contributed by atoms with E-state index >= 15 is 0 Å². The third-order valence-corrected chi connectivity index (χ3v) is 5.66. The smallest absolute Gasteiger partial charge is 0.258 e. The predicted octanol–water partition coefficient (Wildman–Crippen LogP) is 2.02. The summed E-state index contributed by atoms with van der Waals surface area (Å²) >= 11 is 5.98. The molecule has 0 radical (unpaired) electrons. The van der Waals surface area contributed by atoms with Crippen LogP contribution in [0.25, 0.3) is 0 Å². The summed E-state index contributed by atoms with van der Waals surface area (Å²) in [5, 5.41) is 0.0987. The summed E-state index contributed by atoms with van der Waals surface area (Å²) in [6, 6.07) is 4.18. The summed E-state index contributed by atoms with van der Waals surface area (Å²) in [4.78, 5) is 41.8. The topological polar surface area (TPSA) is 60.9 Å². The Labute approximate surface area is 162 Å². The summed E-state index contributed by atoms with van der Waals surface area (Å²) in [5.74, 6) is -1.10. The van der Waals surface area contributed by atoms with Crippen LogP contribution in [0.3, 0.4) is 0 Å². The largest absolute Gasteiger partial charge is 0.339 e. The van der Waals surface area contributed by atoms with Crippen molar-refractivity contribution in [1.82, 2.24) is 14.7 Å². The molecule has 0 atom stereocenters. The van der Waals surface area contributed by atoms with Gasteiger partial charge in [-0.15, -0.1) is 0 Å². The predicted molar refractivity (Wildman–Crippen MR) is 98.9 cm³/mol. The quantitative estimate of drug-likeness (QED) is 0.769. The summed E-state index contributed by atoms with van der Waals surface area (Å²) in [5.41, 5.74) is -0.107. The number of carbonyl (C=O) groups is 3. The number of piperazine rings is 1. The van der Waals surface area contributed by atoms with Crippen molar-refractivity contribution in [3.63, 3.8) is 0 Å². The molecule has 2 fully saturated rings. The van der Waals surface area contributed by atoms with E-state index in [4.69, 9.17) is 11.6 Å². The minimum atomic E-state index is -0.631. The number of nitrogens with zero attached hydrogens (tertiary/aromatic N) is 3. The van der Waals surface area contributed by atoms with Gasteiger partial charge in [0.05, 0.1) is 10.6 Å². The average Bonchev–Trinajstić information content (AvgIpc) is 2.67. The van der Waals surface area contributed by atoms with Crippen LogP contribution >= 0.6 is 11.6 Å². The van der Waals surface area contributed by atoms with Crippen LogP contribution in [0, 0.1) is 11.7 Å². The Morgan fingerprint density at radius 3 is 2.11 bits per heavy atom. The molecule has 1 aromatic carbocycles. The molecular formula is C19H23ClFN3O3. The molecule has 1 aromatic rings. The Kier molecular flexibility index (Phi) is 5.99. The lowest BCUT2D eigenvalue weighted by atomic mass is 9.94. The second-order valence-electron chi connectivity index (χ2n) is 6.99. The lowest BCUT2D eigenvalue weighted by Gasteiger charge is -2.38. The van der Waals surface area contributed by atoms with E-state index in [0.717, 1.165) is 0 Å². The molecule has 0 aromatic heterocycles. The first-order chi connectivity index (χ1) is 12.9. The minimum Gasteiger partial charge on any atom is -0.339 e. The second kappa shape index (κ2) is 8.25. The molecule has 27 heavy (non-hydrogen) atoms. The van der Waals surface area contributed by atoms with Crippen LogP contribution < -0.4 is 0 Å². The molecule has 6 nitrogen and oxygen atoms in total. The van der Waals surface area contributed by atoms with Crippen LogP contribution in [0.2, 0.25) is 5.02 Å². The number of carbonyl (C=O) groups excluding carboxylic acids is 3. The lowest BCUT2D eigenvalue weighted by Crippen LogP contribution is -2.52. The van der Waals surface area contributed by atoms with E-state index in [9.17, 15) is 18.8 Å². The van der Waals surface area contributed by atoms with Crippen LogP contribution in [0.4, 0.5) is 4.39 Å². The Morgan fingerprint density at radius 1 is 0.963 bits per heavy atom. The normalized spacial score (nSPS) is 18.6. The van der Waals surface area contributed by atoms with E-state index in [1.54, 1.807) is 14.7 Å². The number of amides is 3. The molecule has 0 spiro atoms. The van der Waals surface area contributed by atoms with Crippen LogP contribution in [-0.2, 0) is 9.59 Å². The van der Waals surface area contributed by atoms with Gasteiger partial charge in [0.2, 0.25) is 11.8 Å². The highest BCUT2D eigenvalue weighted by molar-refractivity contribution is 6.33. The van der Waals surface area contributed by atoms with Crippen LogP contribution in [0.1, 0.15) is 30.1 Å². The maximum absolute atomic E-state index is 14.0. The Bertz CT molecular complexity index is 721. The molecule has 0 bridgehead atoms. The fraction of sp³-hybridized carbons (Fsp3) is 0.526. The summed E-state index contributed by atoms with van der Waals surface area (Å²) in [7, 11) is 0. The van der Waals surface area contributed by atoms with Gasteiger partial charge in [0.15, 0.2) is 0 Å². The molecule has 2 aliphatic rings. The fourth-order valence-corrected chi connectivity index (χ4v) is 3.93. The third-order valence-electron chi connectivity index (χ3n) is 5.34. The molecule has 0 N–H and O–H groups in total. The SMILES string of the molecule is CC(=O)N1CCN(C(=O)C2CCN(C(=O)c3c(F)cccc3Cl)CC2)CC1. The van der Waals surface area contributed by atoms with Crippen molar-refractivity contribution in [1.29, 1.82) is 0 Å². The molecule has 146 valence electrons. The van der Waals surface area contributed by atoms with Gasteiger partial charge in [0, 0.05) is 52.1 Å². The van der Waals surface area contributed by atoms with E-state index in [0.29, 0.717) is 52.1 Å². The zero-order valence-corrected chi connectivity index (χ0v) is 16.0. The van der Waals surface area contributed by atoms with E-state index < -0.39 is 11.7 Å². The third kappa shape index (κ3) is 4.24. The number of halogens is 2. The average molecular weight is 396 g/mol. The van der Waals surface area contributed by atoms with Gasteiger partial charge in [0.25, 0.3) is 5.91 Å². The Balaban J connectivity index is 1.55. The minimum absolute atomic E-state index is 0.0284. The van der Waals surface area contributed by atoms with Gasteiger partial charge in [-0.05, 0) is 25.0 Å². The molecular weight excluding hydrogens is 373 g/mol. The number of benzene rings is 1. The maximum Gasteiger partial charge on any atom is 0.258 e. The molecule has 2 saturated heterocycles. The van der Waals surface area contributed by atoms with Gasteiger partial charge in [-0.1, -0.05) is 17.7 Å². The molecule has 3 rings (SSSR count). The van der Waals surface area contributed by atoms with Gasteiger partial charge in [0.1, 0.15) is 5.82 Å². The first kappa shape index (κ1) is 19.6. The zero-order valence-electron chi connectivity index (χ0n) is 15.3. The standard InChI is InChI=1S/C19H23ClFN3O3/c1-13(25)22-9-11-24(12-10-22)18(26)14-5-7-23(8-6-14)19(27)17-15(20)3-2-4-16(17)21/h2-4,14H,5-12H2,1H3.